The van der Waals surface area contributed by atoms with Crippen LogP contribution in [0.5, 0.6) is 0 Å². The summed E-state index contributed by atoms with van der Waals surface area (Å²) in [5.41, 5.74) is 0.701. The first-order valence-electron chi connectivity index (χ1n) is 6.43. The molecule has 98 valence electrons. The summed E-state index contributed by atoms with van der Waals surface area (Å²) < 4.78 is 5.36. The number of carbonyl (C=O) groups is 1. The van der Waals surface area contributed by atoms with Gasteiger partial charge in [0, 0.05) is 33.0 Å². The third-order valence-electron chi connectivity index (χ3n) is 3.40. The van der Waals surface area contributed by atoms with Gasteiger partial charge in [-0.1, -0.05) is 0 Å². The molecule has 1 aliphatic heterocycles. The number of anilines is 1. The fourth-order valence-electron chi connectivity index (χ4n) is 2.38. The van der Waals surface area contributed by atoms with E-state index in [4.69, 9.17) is 4.74 Å². The van der Waals surface area contributed by atoms with Gasteiger partial charge in [-0.2, -0.15) is 0 Å². The van der Waals surface area contributed by atoms with Crippen LogP contribution >= 0.6 is 0 Å². The van der Waals surface area contributed by atoms with E-state index in [1.807, 2.05) is 19.2 Å². The molecule has 0 radical (unpaired) electrons. The van der Waals surface area contributed by atoms with Gasteiger partial charge in [-0.3, -0.25) is 4.79 Å². The lowest BCUT2D eigenvalue weighted by Crippen LogP contribution is -2.31. The minimum Gasteiger partial charge on any atom is -0.381 e. The lowest BCUT2D eigenvalue weighted by atomic mass is 9.99. The fraction of sp³-hybridized carbons (Fsp3) is 0.571. The van der Waals surface area contributed by atoms with Gasteiger partial charge >= 0.3 is 0 Å². The Kier molecular flexibility index (Phi) is 4.31. The van der Waals surface area contributed by atoms with E-state index in [2.05, 4.69) is 9.88 Å². The van der Waals surface area contributed by atoms with Crippen LogP contribution in [-0.4, -0.2) is 37.6 Å². The van der Waals surface area contributed by atoms with Crippen molar-refractivity contribution in [2.24, 2.45) is 5.92 Å². The van der Waals surface area contributed by atoms with Crippen molar-refractivity contribution in [2.75, 3.05) is 31.7 Å². The Hall–Kier alpha value is -1.42. The van der Waals surface area contributed by atoms with Crippen LogP contribution in [0.15, 0.2) is 18.3 Å². The maximum atomic E-state index is 11.6. The zero-order chi connectivity index (χ0) is 13.0. The van der Waals surface area contributed by atoms with Gasteiger partial charge in [-0.15, -0.1) is 0 Å². The van der Waals surface area contributed by atoms with Gasteiger partial charge in [-0.05, 0) is 37.8 Å². The summed E-state index contributed by atoms with van der Waals surface area (Å²) in [6.07, 6.45) is 3.92. The second-order valence-corrected chi connectivity index (χ2v) is 4.87. The van der Waals surface area contributed by atoms with Crippen molar-refractivity contribution in [2.45, 2.75) is 19.8 Å². The zero-order valence-electron chi connectivity index (χ0n) is 11.1. The Bertz CT molecular complexity index is 414. The van der Waals surface area contributed by atoms with Crippen molar-refractivity contribution in [1.82, 2.24) is 4.98 Å². The lowest BCUT2D eigenvalue weighted by Gasteiger charge is -2.28. The highest BCUT2D eigenvalue weighted by atomic mass is 16.5. The first-order valence-corrected chi connectivity index (χ1v) is 6.43. The van der Waals surface area contributed by atoms with E-state index in [-0.39, 0.29) is 5.78 Å². The van der Waals surface area contributed by atoms with Gasteiger partial charge in [0.1, 0.15) is 5.82 Å². The SMILES string of the molecule is CC(=O)c1cccnc1N(C)CC1CCOCC1. The number of nitrogens with zero attached hydrogens (tertiary/aromatic N) is 2. The number of hydrogen-bond acceptors (Lipinski definition) is 4. The van der Waals surface area contributed by atoms with E-state index in [0.29, 0.717) is 11.5 Å². The molecule has 0 aliphatic carbocycles. The average Bonchev–Trinajstić information content (AvgIpc) is 2.40. The van der Waals surface area contributed by atoms with Crippen molar-refractivity contribution in [3.63, 3.8) is 0 Å². The summed E-state index contributed by atoms with van der Waals surface area (Å²) in [5.74, 6) is 1.49. The highest BCUT2D eigenvalue weighted by molar-refractivity contribution is 5.98. The maximum absolute atomic E-state index is 11.6. The fourth-order valence-corrected chi connectivity index (χ4v) is 2.38. The molecule has 4 nitrogen and oxygen atoms in total. The molecule has 0 amide bonds. The van der Waals surface area contributed by atoms with E-state index in [0.717, 1.165) is 38.4 Å². The molecule has 0 aromatic carbocycles. The largest absolute Gasteiger partial charge is 0.381 e. The molecule has 4 heteroatoms. The standard InChI is InChI=1S/C14H20N2O2/c1-11(17)13-4-3-7-15-14(13)16(2)10-12-5-8-18-9-6-12/h3-4,7,12H,5-6,8-10H2,1-2H3. The normalized spacial score (nSPS) is 16.6. The molecule has 1 aromatic heterocycles. The summed E-state index contributed by atoms with van der Waals surface area (Å²) in [5, 5.41) is 0. The van der Waals surface area contributed by atoms with E-state index in [1.165, 1.54) is 0 Å². The molecule has 0 spiro atoms. The smallest absolute Gasteiger partial charge is 0.163 e. The first kappa shape index (κ1) is 13.0. The third kappa shape index (κ3) is 3.07. The summed E-state index contributed by atoms with van der Waals surface area (Å²) in [7, 11) is 2.00. The van der Waals surface area contributed by atoms with Gasteiger partial charge in [-0.25, -0.2) is 4.98 Å². The maximum Gasteiger partial charge on any atom is 0.163 e. The summed E-state index contributed by atoms with van der Waals surface area (Å²) >= 11 is 0. The van der Waals surface area contributed by atoms with Crippen LogP contribution in [0.25, 0.3) is 0 Å². The van der Waals surface area contributed by atoms with E-state index in [1.54, 1.807) is 13.1 Å². The van der Waals surface area contributed by atoms with E-state index < -0.39 is 0 Å². The monoisotopic (exact) mass is 248 g/mol. The van der Waals surface area contributed by atoms with Crippen LogP contribution in [0.2, 0.25) is 0 Å². The second kappa shape index (κ2) is 5.96. The Balaban J connectivity index is 2.08. The quantitative estimate of drug-likeness (QED) is 0.766. The van der Waals surface area contributed by atoms with Crippen LogP contribution in [0.1, 0.15) is 30.1 Å². The van der Waals surface area contributed by atoms with Crippen LogP contribution in [0, 0.1) is 5.92 Å². The van der Waals surface area contributed by atoms with Gasteiger partial charge < -0.3 is 9.64 Å². The summed E-state index contributed by atoms with van der Waals surface area (Å²) in [4.78, 5) is 18.0. The van der Waals surface area contributed by atoms with Gasteiger partial charge in [0.2, 0.25) is 0 Å². The molecule has 18 heavy (non-hydrogen) atoms. The van der Waals surface area contributed by atoms with Crippen LogP contribution in [-0.2, 0) is 4.74 Å². The predicted octanol–water partition coefficient (Wildman–Crippen LogP) is 2.15. The Morgan fingerprint density at radius 2 is 2.22 bits per heavy atom. The highest BCUT2D eigenvalue weighted by Gasteiger charge is 2.18. The number of rotatable bonds is 4. The summed E-state index contributed by atoms with van der Waals surface area (Å²) in [6.45, 7) is 4.21. The zero-order valence-corrected chi connectivity index (χ0v) is 11.1. The number of ether oxygens (including phenoxy) is 1. The molecule has 0 unspecified atom stereocenters. The van der Waals surface area contributed by atoms with Gasteiger partial charge in [0.05, 0.1) is 5.56 Å². The lowest BCUT2D eigenvalue weighted by molar-refractivity contribution is 0.0684. The molecule has 1 aromatic rings. The number of Topliss-reactive ketones (excluding diaryl/α,β-unsaturated/α-hetero) is 1. The molecule has 1 saturated heterocycles. The Morgan fingerprint density at radius 1 is 1.50 bits per heavy atom. The Labute approximate surface area is 108 Å². The van der Waals surface area contributed by atoms with E-state index >= 15 is 0 Å². The van der Waals surface area contributed by atoms with Gasteiger partial charge in [0.25, 0.3) is 0 Å². The third-order valence-corrected chi connectivity index (χ3v) is 3.40. The minimum absolute atomic E-state index is 0.0666. The number of carbonyl (C=O) groups excluding carboxylic acids is 1. The minimum atomic E-state index is 0.0666. The van der Waals surface area contributed by atoms with Crippen molar-refractivity contribution in [3.05, 3.63) is 23.9 Å². The predicted molar refractivity (Wildman–Crippen MR) is 71.1 cm³/mol. The average molecular weight is 248 g/mol. The number of aromatic nitrogens is 1. The Morgan fingerprint density at radius 3 is 2.89 bits per heavy atom. The molecular weight excluding hydrogens is 228 g/mol. The molecule has 1 aliphatic rings. The van der Waals surface area contributed by atoms with Crippen LogP contribution < -0.4 is 4.90 Å². The molecular formula is C14H20N2O2. The van der Waals surface area contributed by atoms with E-state index in [9.17, 15) is 4.79 Å². The van der Waals surface area contributed by atoms with Crippen molar-refractivity contribution < 1.29 is 9.53 Å². The molecule has 2 heterocycles. The first-order chi connectivity index (χ1) is 8.68. The molecule has 1 fully saturated rings. The highest BCUT2D eigenvalue weighted by Crippen LogP contribution is 2.21. The van der Waals surface area contributed by atoms with Crippen molar-refractivity contribution in [1.29, 1.82) is 0 Å². The molecule has 0 atom stereocenters. The molecule has 0 bridgehead atoms. The van der Waals surface area contributed by atoms with Crippen molar-refractivity contribution in [3.8, 4) is 0 Å². The summed E-state index contributed by atoms with van der Waals surface area (Å²) in [6, 6.07) is 3.65. The molecule has 0 N–H and O–H groups in total. The molecule has 0 saturated carbocycles. The van der Waals surface area contributed by atoms with Crippen molar-refractivity contribution >= 4 is 11.6 Å². The molecule has 2 rings (SSSR count). The number of ketones is 1. The van der Waals surface area contributed by atoms with Crippen LogP contribution in [0.4, 0.5) is 5.82 Å². The topological polar surface area (TPSA) is 42.4 Å². The number of hydrogen-bond donors (Lipinski definition) is 0. The number of pyridine rings is 1. The van der Waals surface area contributed by atoms with Gasteiger partial charge in [0.15, 0.2) is 5.78 Å². The van der Waals surface area contributed by atoms with Crippen LogP contribution in [0.3, 0.4) is 0 Å². The second-order valence-electron chi connectivity index (χ2n) is 4.87.